The van der Waals surface area contributed by atoms with Gasteiger partial charge in [-0.2, -0.15) is 11.8 Å². The lowest BCUT2D eigenvalue weighted by atomic mass is 10.0. The number of primary amides is 2. The molecule has 1 aromatic rings. The normalized spacial score (nSPS) is 12.8. The lowest BCUT2D eigenvalue weighted by molar-refractivity contribution is -0.135. The number of hydrogen-bond acceptors (Lipinski definition) is 9. The van der Waals surface area contributed by atoms with Crippen molar-refractivity contribution >= 4 is 53.1 Å². The molecule has 15 nitrogen and oxygen atoms in total. The van der Waals surface area contributed by atoms with Crippen LogP contribution in [0.25, 0.3) is 0 Å². The Morgan fingerprint density at radius 3 is 1.72 bits per heavy atom. The first kappa shape index (κ1) is 50.7. The molecular formula is C41H69N7O8S. The topological polar surface area (TPSA) is 252 Å². The van der Waals surface area contributed by atoms with Gasteiger partial charge < -0.3 is 43.2 Å². The van der Waals surface area contributed by atoms with E-state index in [1.54, 1.807) is 12.1 Å². The number of phenolic OH excluding ortho intramolecular Hbond substituents is 1. The Morgan fingerprint density at radius 1 is 0.667 bits per heavy atom. The summed E-state index contributed by atoms with van der Waals surface area (Å²) in [4.78, 5) is 89.3. The molecule has 7 amide bonds. The average molecular weight is 820 g/mol. The third kappa shape index (κ3) is 23.5. The molecule has 57 heavy (non-hydrogen) atoms. The van der Waals surface area contributed by atoms with Crippen LogP contribution in [0, 0.1) is 0 Å². The number of nitrogens with two attached hydrogens (primary N) is 2. The van der Waals surface area contributed by atoms with Gasteiger partial charge in [-0.25, -0.2) is 0 Å². The van der Waals surface area contributed by atoms with Crippen LogP contribution in [0.15, 0.2) is 24.3 Å². The predicted octanol–water partition coefficient (Wildman–Crippen LogP) is 3.39. The quantitative estimate of drug-likeness (QED) is 0.0496. The zero-order valence-corrected chi connectivity index (χ0v) is 35.4. The van der Waals surface area contributed by atoms with E-state index in [0.29, 0.717) is 24.2 Å². The van der Waals surface area contributed by atoms with Gasteiger partial charge in [-0.3, -0.25) is 33.6 Å². The van der Waals surface area contributed by atoms with Gasteiger partial charge in [0.15, 0.2) is 0 Å². The van der Waals surface area contributed by atoms with Crippen LogP contribution in [-0.4, -0.2) is 88.7 Å². The molecule has 3 atom stereocenters. The standard InChI is InChI=1S/C41H69N7O8S/c1-5-6-7-8-9-10-11-12-13-14-15-16-17-18-35(51)45-32(25-26-57-4)37(53)44-28-36(52)46-33(27-29-19-21-30(49)22-20-29)38(54)47-31(23-24-34(42)50)39(55)48-41(2,3)40(43)56/h19-22,31-33,49H,5-18,23-28H2,1-4H3,(H2,42,50)(H2,43,56)(H,44,53)(H,45,51)(H,46,52)(H,47,54)(H,48,55)/t31-,32-,33-/m0/s1. The molecule has 0 unspecified atom stereocenters. The molecule has 0 aliphatic rings. The second-order valence-corrected chi connectivity index (χ2v) is 16.1. The van der Waals surface area contributed by atoms with Crippen molar-refractivity contribution in [1.29, 1.82) is 0 Å². The number of carbonyl (C=O) groups excluding carboxylic acids is 7. The number of hydrogen-bond donors (Lipinski definition) is 8. The zero-order chi connectivity index (χ0) is 42.6. The Balaban J connectivity index is 2.80. The largest absolute Gasteiger partial charge is 0.508 e. The fourth-order valence-electron chi connectivity index (χ4n) is 5.97. The van der Waals surface area contributed by atoms with Crippen molar-refractivity contribution in [3.63, 3.8) is 0 Å². The van der Waals surface area contributed by atoms with E-state index < -0.39 is 65.7 Å². The predicted molar refractivity (Wildman–Crippen MR) is 224 cm³/mol. The fourth-order valence-corrected chi connectivity index (χ4v) is 6.44. The summed E-state index contributed by atoms with van der Waals surface area (Å²) in [6.45, 7) is 4.47. The van der Waals surface area contributed by atoms with Crippen molar-refractivity contribution in [3.05, 3.63) is 29.8 Å². The van der Waals surface area contributed by atoms with Crippen LogP contribution in [0.4, 0.5) is 0 Å². The van der Waals surface area contributed by atoms with Gasteiger partial charge in [0, 0.05) is 19.3 Å². The van der Waals surface area contributed by atoms with Crippen LogP contribution in [0.5, 0.6) is 5.75 Å². The van der Waals surface area contributed by atoms with Gasteiger partial charge in [0.2, 0.25) is 41.4 Å². The van der Waals surface area contributed by atoms with Crippen LogP contribution in [0.3, 0.4) is 0 Å². The highest BCUT2D eigenvalue weighted by atomic mass is 32.2. The molecule has 0 aliphatic carbocycles. The molecule has 0 fully saturated rings. The number of benzene rings is 1. The van der Waals surface area contributed by atoms with Gasteiger partial charge in [-0.15, -0.1) is 0 Å². The van der Waals surface area contributed by atoms with Crippen molar-refractivity contribution < 1.29 is 38.7 Å². The van der Waals surface area contributed by atoms with E-state index in [0.717, 1.165) is 25.7 Å². The van der Waals surface area contributed by atoms with E-state index in [1.807, 2.05) is 6.26 Å². The summed E-state index contributed by atoms with van der Waals surface area (Å²) in [6, 6.07) is 2.44. The summed E-state index contributed by atoms with van der Waals surface area (Å²) in [5.41, 5.74) is 9.74. The highest BCUT2D eigenvalue weighted by Gasteiger charge is 2.33. The minimum atomic E-state index is -1.48. The molecule has 0 saturated carbocycles. The second kappa shape index (κ2) is 29.0. The Labute approximate surface area is 343 Å². The third-order valence-corrected chi connectivity index (χ3v) is 10.2. The SMILES string of the molecule is CCCCCCCCCCCCCCCC(=O)N[C@@H](CCSC)C(=O)NCC(=O)N[C@@H](Cc1ccc(O)cc1)C(=O)N[C@@H](CCC(N)=O)C(=O)NC(C)(C)C(N)=O. The van der Waals surface area contributed by atoms with Crippen molar-refractivity contribution in [1.82, 2.24) is 26.6 Å². The summed E-state index contributed by atoms with van der Waals surface area (Å²) in [5.74, 6) is -4.09. The minimum Gasteiger partial charge on any atom is -0.508 e. The second-order valence-electron chi connectivity index (χ2n) is 15.1. The van der Waals surface area contributed by atoms with Gasteiger partial charge in [0.1, 0.15) is 29.4 Å². The molecule has 16 heteroatoms. The van der Waals surface area contributed by atoms with E-state index in [-0.39, 0.29) is 30.9 Å². The zero-order valence-electron chi connectivity index (χ0n) is 34.6. The molecule has 322 valence electrons. The van der Waals surface area contributed by atoms with Crippen LogP contribution < -0.4 is 38.1 Å². The maximum Gasteiger partial charge on any atom is 0.243 e. The van der Waals surface area contributed by atoms with Crippen LogP contribution in [0.1, 0.15) is 135 Å². The van der Waals surface area contributed by atoms with Gasteiger partial charge in [0.25, 0.3) is 0 Å². The van der Waals surface area contributed by atoms with E-state index in [4.69, 9.17) is 11.5 Å². The summed E-state index contributed by atoms with van der Waals surface area (Å²) in [7, 11) is 0. The summed E-state index contributed by atoms with van der Waals surface area (Å²) >= 11 is 1.52. The Morgan fingerprint density at radius 2 is 1.19 bits per heavy atom. The molecule has 0 saturated heterocycles. The Bertz CT molecular complexity index is 1410. The summed E-state index contributed by atoms with van der Waals surface area (Å²) in [6.07, 6.45) is 17.5. The number of rotatable bonds is 32. The van der Waals surface area contributed by atoms with Crippen molar-refractivity contribution in [2.24, 2.45) is 11.5 Å². The molecular weight excluding hydrogens is 751 g/mol. The number of carbonyl (C=O) groups is 7. The monoisotopic (exact) mass is 819 g/mol. The molecule has 1 rings (SSSR count). The van der Waals surface area contributed by atoms with E-state index in [1.165, 1.54) is 95.5 Å². The average Bonchev–Trinajstić information content (AvgIpc) is 3.15. The lowest BCUT2D eigenvalue weighted by Crippen LogP contribution is -2.60. The number of phenols is 1. The van der Waals surface area contributed by atoms with E-state index in [2.05, 4.69) is 33.5 Å². The van der Waals surface area contributed by atoms with Crippen molar-refractivity contribution in [3.8, 4) is 5.75 Å². The van der Waals surface area contributed by atoms with E-state index in [9.17, 15) is 38.7 Å². The van der Waals surface area contributed by atoms with Gasteiger partial charge in [-0.1, -0.05) is 96.1 Å². The molecule has 0 bridgehead atoms. The third-order valence-electron chi connectivity index (χ3n) is 9.58. The Kier molecular flexibility index (Phi) is 25.7. The van der Waals surface area contributed by atoms with Gasteiger partial charge in [-0.05, 0) is 62.8 Å². The first-order valence-electron chi connectivity index (χ1n) is 20.4. The van der Waals surface area contributed by atoms with Crippen LogP contribution >= 0.6 is 11.8 Å². The number of nitrogens with one attached hydrogen (secondary N) is 5. The van der Waals surface area contributed by atoms with Crippen molar-refractivity contribution in [2.45, 2.75) is 160 Å². The first-order valence-corrected chi connectivity index (χ1v) is 21.8. The fraction of sp³-hybridized carbons (Fsp3) is 0.683. The molecule has 0 spiro atoms. The maximum atomic E-state index is 13.6. The molecule has 0 radical (unpaired) electrons. The Hall–Kier alpha value is -4.34. The molecule has 10 N–H and O–H groups in total. The highest BCUT2D eigenvalue weighted by Crippen LogP contribution is 2.14. The molecule has 1 aromatic carbocycles. The van der Waals surface area contributed by atoms with Crippen LogP contribution in [0.2, 0.25) is 0 Å². The van der Waals surface area contributed by atoms with Crippen LogP contribution in [-0.2, 0) is 40.0 Å². The van der Waals surface area contributed by atoms with Gasteiger partial charge in [0.05, 0.1) is 6.54 Å². The number of amides is 7. The summed E-state index contributed by atoms with van der Waals surface area (Å²) in [5, 5.41) is 22.7. The highest BCUT2D eigenvalue weighted by molar-refractivity contribution is 7.98. The first-order chi connectivity index (χ1) is 27.1. The number of thioether (sulfide) groups is 1. The van der Waals surface area contributed by atoms with Crippen molar-refractivity contribution in [2.75, 3.05) is 18.6 Å². The van der Waals surface area contributed by atoms with E-state index >= 15 is 0 Å². The molecule has 0 aromatic heterocycles. The lowest BCUT2D eigenvalue weighted by Gasteiger charge is -2.27. The number of aromatic hydroxyl groups is 1. The molecule has 0 heterocycles. The van der Waals surface area contributed by atoms with Gasteiger partial charge >= 0.3 is 0 Å². The molecule has 0 aliphatic heterocycles. The number of unbranched alkanes of at least 4 members (excludes halogenated alkanes) is 12. The maximum absolute atomic E-state index is 13.6. The summed E-state index contributed by atoms with van der Waals surface area (Å²) < 4.78 is 0. The smallest absolute Gasteiger partial charge is 0.243 e. The minimum absolute atomic E-state index is 0.0146.